The molecule has 0 nitrogen and oxygen atoms in total. The summed E-state index contributed by atoms with van der Waals surface area (Å²) in [6, 6.07) is 6.11. The van der Waals surface area contributed by atoms with E-state index in [-0.39, 0.29) is 0 Å². The van der Waals surface area contributed by atoms with Crippen molar-refractivity contribution in [1.29, 1.82) is 0 Å². The van der Waals surface area contributed by atoms with Crippen molar-refractivity contribution in [1.82, 2.24) is 0 Å². The maximum Gasteiger partial charge on any atom is 0.0521 e. The highest BCUT2D eigenvalue weighted by atomic mass is 28.3. The Labute approximate surface area is 298 Å². The fourth-order valence-corrected chi connectivity index (χ4v) is 50.0. The van der Waals surface area contributed by atoms with E-state index in [1.54, 1.807) is 0 Å². The molecule has 0 amide bonds. The second kappa shape index (κ2) is 12.3. The summed E-state index contributed by atoms with van der Waals surface area (Å²) in [6.45, 7) is 66.4. The van der Waals surface area contributed by atoms with Crippen LogP contribution in [0, 0.1) is 0 Å². The average molecular weight is 764 g/mol. The summed E-state index contributed by atoms with van der Waals surface area (Å²) in [6.07, 6.45) is 0. The van der Waals surface area contributed by atoms with Crippen molar-refractivity contribution in [2.24, 2.45) is 0 Å². The normalized spacial score (nSPS) is 30.6. The summed E-state index contributed by atoms with van der Waals surface area (Å²) >= 11 is 0. The summed E-state index contributed by atoms with van der Waals surface area (Å²) in [5, 5.41) is 0. The Bertz CT molecular complexity index is 1070. The molecule has 0 bridgehead atoms. The summed E-state index contributed by atoms with van der Waals surface area (Å²) in [5.74, 6) is 0. The minimum Gasteiger partial charge on any atom is -0.0693 e. The zero-order valence-electron chi connectivity index (χ0n) is 35.8. The van der Waals surface area contributed by atoms with Gasteiger partial charge in [-0.1, -0.05) is 169 Å². The van der Waals surface area contributed by atoms with E-state index in [2.05, 4.69) is 169 Å². The standard InChI is InChI=1S/C38H82Si8/c1-39(2,3)31-27-25-29-30(26-28(27)32(40(4,5)6)36(44(16,17)18)35(31)43(13,14)15)34(42(10,11)12)38(46(22,23)24)37(45(19,20)21)33(29)41(7,8)9/h25-26,31-38H,1-24H3/t31-,32+,33-,34+,35-,36-,37+,38+. The lowest BCUT2D eigenvalue weighted by molar-refractivity contribution is 0.562. The molecule has 0 aromatic heterocycles. The van der Waals surface area contributed by atoms with Gasteiger partial charge in [0.05, 0.1) is 32.3 Å². The Balaban J connectivity index is 2.73. The molecule has 0 fully saturated rings. The number of benzene rings is 1. The van der Waals surface area contributed by atoms with E-state index >= 15 is 0 Å². The molecule has 0 unspecified atom stereocenters. The third-order valence-corrected chi connectivity index (χ3v) is 35.5. The SMILES string of the molecule is C[Si](C)(C)[C@@H]1[C@@H]([Si](C)(C)C)[C@@H]([Si](C)(C)C)c2cc3c(cc2[C@H]1[Si](C)(C)C)[C@@H]([Si](C)(C)C)[C@@H]([Si](C)(C)C)[C@H]([Si](C)(C)C)[C@H]3[Si](C)(C)C. The molecular formula is C38H82Si8. The van der Waals surface area contributed by atoms with Crippen LogP contribution in [0.2, 0.25) is 179 Å². The molecule has 1 aromatic rings. The average Bonchev–Trinajstić information content (AvgIpc) is 2.74. The molecule has 2 aliphatic rings. The molecule has 0 radical (unpaired) electrons. The van der Waals surface area contributed by atoms with Crippen molar-refractivity contribution in [3.8, 4) is 0 Å². The smallest absolute Gasteiger partial charge is 0.0521 e. The Morgan fingerprint density at radius 1 is 0.239 bits per heavy atom. The number of rotatable bonds is 8. The molecule has 0 aliphatic heterocycles. The largest absolute Gasteiger partial charge is 0.0693 e. The third kappa shape index (κ3) is 7.88. The quantitative estimate of drug-likeness (QED) is 0.231. The van der Waals surface area contributed by atoms with E-state index in [1.165, 1.54) is 0 Å². The summed E-state index contributed by atoms with van der Waals surface area (Å²) in [4.78, 5) is 0. The van der Waals surface area contributed by atoms with Crippen molar-refractivity contribution in [2.75, 3.05) is 0 Å². The Kier molecular flexibility index (Phi) is 11.0. The van der Waals surface area contributed by atoms with Crippen molar-refractivity contribution < 1.29 is 0 Å². The van der Waals surface area contributed by atoms with Gasteiger partial charge in [0.2, 0.25) is 0 Å². The Morgan fingerprint density at radius 3 is 0.457 bits per heavy atom. The fourth-order valence-electron chi connectivity index (χ4n) is 11.5. The predicted molar refractivity (Wildman–Crippen MR) is 239 cm³/mol. The van der Waals surface area contributed by atoms with Crippen LogP contribution in [0.15, 0.2) is 12.1 Å². The molecule has 0 heterocycles. The molecule has 0 saturated carbocycles. The van der Waals surface area contributed by atoms with Crippen LogP contribution in [0.1, 0.15) is 44.4 Å². The van der Waals surface area contributed by atoms with Crippen LogP contribution in [0.4, 0.5) is 0 Å². The van der Waals surface area contributed by atoms with Crippen LogP contribution in [0.25, 0.3) is 0 Å². The van der Waals surface area contributed by atoms with Crippen LogP contribution in [0.5, 0.6) is 0 Å². The fraction of sp³-hybridized carbons (Fsp3) is 0.842. The van der Waals surface area contributed by atoms with Crippen LogP contribution in [-0.2, 0) is 0 Å². The van der Waals surface area contributed by atoms with Crippen molar-refractivity contribution in [3.63, 3.8) is 0 Å². The van der Waals surface area contributed by atoms with Gasteiger partial charge in [-0.25, -0.2) is 0 Å². The zero-order valence-corrected chi connectivity index (χ0v) is 43.8. The van der Waals surface area contributed by atoms with Gasteiger partial charge in [-0.3, -0.25) is 0 Å². The van der Waals surface area contributed by atoms with Crippen molar-refractivity contribution in [3.05, 3.63) is 34.4 Å². The minimum atomic E-state index is -1.55. The van der Waals surface area contributed by atoms with Gasteiger partial charge in [0.25, 0.3) is 0 Å². The van der Waals surface area contributed by atoms with Gasteiger partial charge < -0.3 is 0 Å². The molecule has 8 atom stereocenters. The van der Waals surface area contributed by atoms with Gasteiger partial charge in [-0.15, -0.1) is 0 Å². The van der Waals surface area contributed by atoms with Gasteiger partial charge in [0.15, 0.2) is 0 Å². The summed E-state index contributed by atoms with van der Waals surface area (Å²) in [7, 11) is -12.1. The van der Waals surface area contributed by atoms with Gasteiger partial charge >= 0.3 is 0 Å². The minimum absolute atomic E-state index is 0.802. The zero-order chi connectivity index (χ0) is 36.3. The lowest BCUT2D eigenvalue weighted by atomic mass is 9.81. The molecule has 8 heteroatoms. The number of hydrogen-bond donors (Lipinski definition) is 0. The van der Waals surface area contributed by atoms with E-state index in [0.717, 1.165) is 44.3 Å². The lowest BCUT2D eigenvalue weighted by Gasteiger charge is -2.61. The van der Waals surface area contributed by atoms with E-state index in [4.69, 9.17) is 0 Å². The van der Waals surface area contributed by atoms with Gasteiger partial charge in [-0.2, -0.15) is 0 Å². The maximum atomic E-state index is 3.05. The molecule has 0 N–H and O–H groups in total. The van der Waals surface area contributed by atoms with E-state index in [1.807, 2.05) is 22.3 Å². The summed E-state index contributed by atoms with van der Waals surface area (Å²) < 4.78 is 0. The van der Waals surface area contributed by atoms with Gasteiger partial charge in [0, 0.05) is 32.3 Å². The highest BCUT2D eigenvalue weighted by Crippen LogP contribution is 2.68. The van der Waals surface area contributed by atoms with Crippen LogP contribution >= 0.6 is 0 Å². The molecular weight excluding hydrogens is 681 g/mol. The summed E-state index contributed by atoms with van der Waals surface area (Å²) in [5.41, 5.74) is 14.5. The predicted octanol–water partition coefficient (Wildman–Crippen LogP) is 14.4. The Morgan fingerprint density at radius 2 is 0.370 bits per heavy atom. The number of fused-ring (bicyclic) bond motifs is 2. The molecule has 1 aromatic carbocycles. The molecule has 2 aliphatic carbocycles. The van der Waals surface area contributed by atoms with Crippen LogP contribution < -0.4 is 0 Å². The third-order valence-electron chi connectivity index (χ3n) is 12.6. The van der Waals surface area contributed by atoms with Crippen LogP contribution in [-0.4, -0.2) is 64.6 Å². The highest BCUT2D eigenvalue weighted by Gasteiger charge is 2.61. The second-order valence-corrected chi connectivity index (χ2v) is 68.1. The second-order valence-electron chi connectivity index (χ2n) is 25.1. The first-order valence-corrected chi connectivity index (χ1v) is 47.7. The molecule has 0 saturated heterocycles. The Hall–Kier alpha value is 0.955. The van der Waals surface area contributed by atoms with Crippen molar-refractivity contribution >= 4 is 64.6 Å². The molecule has 0 spiro atoms. The van der Waals surface area contributed by atoms with Crippen LogP contribution in [0.3, 0.4) is 0 Å². The maximum absolute atomic E-state index is 3.05. The first-order chi connectivity index (χ1) is 19.9. The first kappa shape index (κ1) is 41.4. The molecule has 46 heavy (non-hydrogen) atoms. The van der Waals surface area contributed by atoms with E-state index < -0.39 is 64.6 Å². The molecule has 266 valence electrons. The van der Waals surface area contributed by atoms with E-state index in [0.29, 0.717) is 0 Å². The van der Waals surface area contributed by atoms with Gasteiger partial charge in [0.1, 0.15) is 0 Å². The van der Waals surface area contributed by atoms with E-state index in [9.17, 15) is 0 Å². The first-order valence-electron chi connectivity index (χ1n) is 19.1. The monoisotopic (exact) mass is 762 g/mol. The molecule has 3 rings (SSSR count). The van der Waals surface area contributed by atoms with Crippen molar-refractivity contribution in [2.45, 2.75) is 201 Å². The topological polar surface area (TPSA) is 0 Å². The highest BCUT2D eigenvalue weighted by molar-refractivity contribution is 6.90. The lowest BCUT2D eigenvalue weighted by Crippen LogP contribution is -2.58. The van der Waals surface area contributed by atoms with Gasteiger partial charge in [-0.05, 0) is 66.6 Å². The number of hydrogen-bond acceptors (Lipinski definition) is 0.